The molecule has 7 heteroatoms. The first-order chi connectivity index (χ1) is 14.5. The largest absolute Gasteiger partial charge is 0.493 e. The molecule has 1 saturated heterocycles. The van der Waals surface area contributed by atoms with Crippen LogP contribution in [0.15, 0.2) is 46.9 Å². The molecule has 0 aliphatic carbocycles. The van der Waals surface area contributed by atoms with Crippen molar-refractivity contribution in [3.05, 3.63) is 52.5 Å². The van der Waals surface area contributed by atoms with Crippen molar-refractivity contribution < 1.29 is 19.0 Å². The van der Waals surface area contributed by atoms with Crippen molar-refractivity contribution in [1.82, 2.24) is 10.2 Å². The topological polar surface area (TPSA) is 60.0 Å². The van der Waals surface area contributed by atoms with E-state index in [0.29, 0.717) is 23.8 Å². The van der Waals surface area contributed by atoms with Crippen LogP contribution < -0.4 is 19.5 Å². The summed E-state index contributed by atoms with van der Waals surface area (Å²) >= 11 is 3.43. The smallest absolute Gasteiger partial charge is 0.234 e. The van der Waals surface area contributed by atoms with Crippen LogP contribution in [0.3, 0.4) is 0 Å². The maximum atomic E-state index is 12.5. The first-order valence-electron chi connectivity index (χ1n) is 10.1. The number of ether oxygens (including phenoxy) is 3. The summed E-state index contributed by atoms with van der Waals surface area (Å²) in [5.41, 5.74) is 1.09. The van der Waals surface area contributed by atoms with Crippen molar-refractivity contribution in [1.29, 1.82) is 0 Å². The van der Waals surface area contributed by atoms with Gasteiger partial charge in [-0.15, -0.1) is 0 Å². The Kier molecular flexibility index (Phi) is 7.99. The zero-order valence-corrected chi connectivity index (χ0v) is 19.3. The van der Waals surface area contributed by atoms with Crippen LogP contribution in [-0.4, -0.2) is 50.8 Å². The van der Waals surface area contributed by atoms with Gasteiger partial charge in [0.05, 0.1) is 26.8 Å². The number of likely N-dealkylation sites (tertiary alicyclic amines) is 1. The van der Waals surface area contributed by atoms with E-state index in [-0.39, 0.29) is 18.1 Å². The molecule has 0 radical (unpaired) electrons. The highest BCUT2D eigenvalue weighted by Crippen LogP contribution is 2.38. The number of carbonyl (C=O) groups excluding carboxylic acids is 1. The van der Waals surface area contributed by atoms with Gasteiger partial charge in [0, 0.05) is 17.6 Å². The van der Waals surface area contributed by atoms with Crippen molar-refractivity contribution in [3.63, 3.8) is 0 Å². The summed E-state index contributed by atoms with van der Waals surface area (Å²) in [6.45, 7) is 4.01. The van der Waals surface area contributed by atoms with E-state index in [2.05, 4.69) is 26.1 Å². The number of nitrogens with zero attached hydrogens (tertiary/aromatic N) is 1. The molecule has 30 heavy (non-hydrogen) atoms. The van der Waals surface area contributed by atoms with Gasteiger partial charge in [-0.05, 0) is 49.6 Å². The maximum absolute atomic E-state index is 12.5. The highest BCUT2D eigenvalue weighted by molar-refractivity contribution is 9.10. The molecule has 1 fully saturated rings. The lowest BCUT2D eigenvalue weighted by atomic mass is 10.1. The summed E-state index contributed by atoms with van der Waals surface area (Å²) < 4.78 is 18.1. The van der Waals surface area contributed by atoms with Crippen LogP contribution in [0.5, 0.6) is 17.2 Å². The van der Waals surface area contributed by atoms with Gasteiger partial charge in [-0.3, -0.25) is 9.69 Å². The number of halogens is 1. The molecule has 2 aromatic rings. The Bertz CT molecular complexity index is 813. The van der Waals surface area contributed by atoms with E-state index < -0.39 is 0 Å². The van der Waals surface area contributed by atoms with Gasteiger partial charge in [0.1, 0.15) is 6.10 Å². The minimum atomic E-state index is -0.0236. The third kappa shape index (κ3) is 5.89. The van der Waals surface area contributed by atoms with Gasteiger partial charge in [-0.1, -0.05) is 34.1 Å². The van der Waals surface area contributed by atoms with Crippen molar-refractivity contribution in [2.75, 3.05) is 33.9 Å². The van der Waals surface area contributed by atoms with E-state index in [1.54, 1.807) is 14.2 Å². The molecule has 6 nitrogen and oxygen atoms in total. The van der Waals surface area contributed by atoms with Crippen LogP contribution in [-0.2, 0) is 4.79 Å². The summed E-state index contributed by atoms with van der Waals surface area (Å²) in [5, 5.41) is 3.08. The Morgan fingerprint density at radius 2 is 1.70 bits per heavy atom. The average Bonchev–Trinajstić information content (AvgIpc) is 2.75. The lowest BCUT2D eigenvalue weighted by molar-refractivity contribution is -0.123. The van der Waals surface area contributed by atoms with E-state index in [4.69, 9.17) is 14.2 Å². The molecule has 1 aliphatic heterocycles. The van der Waals surface area contributed by atoms with Crippen LogP contribution >= 0.6 is 15.9 Å². The summed E-state index contributed by atoms with van der Waals surface area (Å²) in [5.74, 6) is 2.01. The Hall–Kier alpha value is -2.25. The van der Waals surface area contributed by atoms with Gasteiger partial charge in [0.25, 0.3) is 0 Å². The predicted octanol–water partition coefficient (Wildman–Crippen LogP) is 4.19. The first kappa shape index (κ1) is 22.4. The molecule has 1 unspecified atom stereocenters. The molecule has 162 valence electrons. The zero-order valence-electron chi connectivity index (χ0n) is 17.7. The number of para-hydroxylation sites is 1. The first-order valence-corrected chi connectivity index (χ1v) is 10.9. The number of benzene rings is 2. The number of amides is 1. The van der Waals surface area contributed by atoms with Gasteiger partial charge in [-0.2, -0.15) is 0 Å². The van der Waals surface area contributed by atoms with Crippen LogP contribution in [0.4, 0.5) is 0 Å². The number of hydrogen-bond acceptors (Lipinski definition) is 5. The van der Waals surface area contributed by atoms with Crippen LogP contribution in [0, 0.1) is 0 Å². The molecule has 0 saturated carbocycles. The second-order valence-corrected chi connectivity index (χ2v) is 8.34. The van der Waals surface area contributed by atoms with Crippen molar-refractivity contribution in [2.24, 2.45) is 0 Å². The molecule has 1 aliphatic rings. The summed E-state index contributed by atoms with van der Waals surface area (Å²) in [6, 6.07) is 13.6. The van der Waals surface area contributed by atoms with E-state index in [1.807, 2.05) is 49.4 Å². The molecular weight excluding hydrogens is 448 g/mol. The molecule has 2 aromatic carbocycles. The average molecular weight is 477 g/mol. The molecule has 0 bridgehead atoms. The monoisotopic (exact) mass is 476 g/mol. The second kappa shape index (κ2) is 10.7. The molecule has 1 atom stereocenters. The van der Waals surface area contributed by atoms with Crippen LogP contribution in [0.2, 0.25) is 0 Å². The summed E-state index contributed by atoms with van der Waals surface area (Å²) in [7, 11) is 3.25. The lowest BCUT2D eigenvalue weighted by Gasteiger charge is -2.32. The SMILES string of the molecule is COc1cccc(OC)c1OC1CCN(CC(=O)NC(C)c2ccc(Br)cc2)CC1. The fourth-order valence-corrected chi connectivity index (χ4v) is 3.87. The van der Waals surface area contributed by atoms with E-state index in [9.17, 15) is 4.79 Å². The number of nitrogens with one attached hydrogen (secondary N) is 1. The third-order valence-corrected chi connectivity index (χ3v) is 5.85. The Labute approximate surface area is 186 Å². The molecular formula is C23H29BrN2O4. The predicted molar refractivity (Wildman–Crippen MR) is 120 cm³/mol. The fraction of sp³-hybridized carbons (Fsp3) is 0.435. The Morgan fingerprint density at radius 1 is 1.10 bits per heavy atom. The van der Waals surface area contributed by atoms with Gasteiger partial charge < -0.3 is 19.5 Å². The van der Waals surface area contributed by atoms with Crippen molar-refractivity contribution >= 4 is 21.8 Å². The quantitative estimate of drug-likeness (QED) is 0.618. The lowest BCUT2D eigenvalue weighted by Crippen LogP contribution is -2.44. The molecule has 3 rings (SSSR count). The molecule has 1 N–H and O–H groups in total. The highest BCUT2D eigenvalue weighted by Gasteiger charge is 2.24. The second-order valence-electron chi connectivity index (χ2n) is 7.43. The summed E-state index contributed by atoms with van der Waals surface area (Å²) in [4.78, 5) is 14.6. The van der Waals surface area contributed by atoms with Gasteiger partial charge in [-0.25, -0.2) is 0 Å². The molecule has 0 spiro atoms. The van der Waals surface area contributed by atoms with E-state index in [1.165, 1.54) is 0 Å². The van der Waals surface area contributed by atoms with Crippen molar-refractivity contribution in [2.45, 2.75) is 31.9 Å². The standard InChI is InChI=1S/C23H29BrN2O4/c1-16(17-7-9-18(24)10-8-17)25-22(27)15-26-13-11-19(12-14-26)30-23-20(28-2)5-4-6-21(23)29-3/h4-10,16,19H,11-15H2,1-3H3,(H,25,27). The number of methoxy groups -OCH3 is 2. The number of carbonyl (C=O) groups is 1. The van der Waals surface area contributed by atoms with Crippen LogP contribution in [0.1, 0.15) is 31.4 Å². The maximum Gasteiger partial charge on any atom is 0.234 e. The Balaban J connectivity index is 1.48. The normalized spacial score (nSPS) is 16.0. The molecule has 0 aromatic heterocycles. The van der Waals surface area contributed by atoms with Gasteiger partial charge in [0.15, 0.2) is 11.5 Å². The minimum absolute atomic E-state index is 0.0236. The fourth-order valence-electron chi connectivity index (χ4n) is 3.61. The van der Waals surface area contributed by atoms with E-state index in [0.717, 1.165) is 36.0 Å². The number of piperidine rings is 1. The Morgan fingerprint density at radius 3 is 2.27 bits per heavy atom. The highest BCUT2D eigenvalue weighted by atomic mass is 79.9. The number of hydrogen-bond donors (Lipinski definition) is 1. The minimum Gasteiger partial charge on any atom is -0.493 e. The molecule has 1 amide bonds. The van der Waals surface area contributed by atoms with E-state index >= 15 is 0 Å². The summed E-state index contributed by atoms with van der Waals surface area (Å²) in [6.07, 6.45) is 1.75. The third-order valence-electron chi connectivity index (χ3n) is 5.32. The van der Waals surface area contributed by atoms with Gasteiger partial charge >= 0.3 is 0 Å². The molecule has 1 heterocycles. The number of rotatable bonds is 8. The van der Waals surface area contributed by atoms with Gasteiger partial charge in [0.2, 0.25) is 11.7 Å². The van der Waals surface area contributed by atoms with Crippen molar-refractivity contribution in [3.8, 4) is 17.2 Å². The van der Waals surface area contributed by atoms with Crippen LogP contribution in [0.25, 0.3) is 0 Å². The zero-order chi connectivity index (χ0) is 21.5.